The third kappa shape index (κ3) is 4.21. The van der Waals surface area contributed by atoms with Crippen LogP contribution in [-0.4, -0.2) is 38.5 Å². The normalized spacial score (nSPS) is 17.6. The number of benzene rings is 2. The molecule has 0 spiro atoms. The van der Waals surface area contributed by atoms with Gasteiger partial charge >= 0.3 is 7.60 Å². The highest BCUT2D eigenvalue weighted by Crippen LogP contribution is 2.62. The number of para-hydroxylation sites is 1. The van der Waals surface area contributed by atoms with E-state index in [0.717, 1.165) is 16.8 Å². The van der Waals surface area contributed by atoms with Crippen molar-refractivity contribution in [2.24, 2.45) is 4.99 Å². The molecule has 7 nitrogen and oxygen atoms in total. The number of thioether (sulfide) groups is 1. The number of amidine groups is 1. The predicted molar refractivity (Wildman–Crippen MR) is 131 cm³/mol. The minimum Gasteiger partial charge on any atom is -0.493 e. The van der Waals surface area contributed by atoms with Gasteiger partial charge in [0.25, 0.3) is 0 Å². The number of methoxy groups -OCH3 is 2. The average Bonchev–Trinajstić information content (AvgIpc) is 3.27. The first kappa shape index (κ1) is 24.4. The average molecular weight is 495 g/mol. The molecule has 0 aliphatic carbocycles. The van der Waals surface area contributed by atoms with E-state index < -0.39 is 7.60 Å². The van der Waals surface area contributed by atoms with Crippen LogP contribution in [0.15, 0.2) is 70.4 Å². The van der Waals surface area contributed by atoms with Crippen molar-refractivity contribution in [3.63, 3.8) is 0 Å². The fraction of sp³-hybridized carbons (Fsp3) is 0.227. The molecular weight excluding hydrogens is 471 g/mol. The van der Waals surface area contributed by atoms with Crippen LogP contribution in [0.1, 0.15) is 17.2 Å². The molecule has 170 valence electrons. The quantitative estimate of drug-likeness (QED) is 0.443. The highest BCUT2D eigenvalue weighted by molar-refractivity contribution is 8.16. The minimum absolute atomic E-state index is 0. The molecule has 1 atom stereocenters. The van der Waals surface area contributed by atoms with Gasteiger partial charge in [-0.1, -0.05) is 54.2 Å². The van der Waals surface area contributed by atoms with Gasteiger partial charge in [-0.15, -0.1) is 12.4 Å². The highest BCUT2D eigenvalue weighted by Gasteiger charge is 2.44. The Morgan fingerprint density at radius 2 is 1.69 bits per heavy atom. The zero-order chi connectivity index (χ0) is 22.0. The summed E-state index contributed by atoms with van der Waals surface area (Å²) in [6.45, 7) is 0. The predicted octanol–water partition coefficient (Wildman–Crippen LogP) is 5.91. The summed E-state index contributed by atoms with van der Waals surface area (Å²) in [5.74, 6) is 1.21. The zero-order valence-electron chi connectivity index (χ0n) is 18.1. The Bertz CT molecular complexity index is 1110. The Morgan fingerprint density at radius 1 is 0.969 bits per heavy atom. The van der Waals surface area contributed by atoms with E-state index in [1.54, 1.807) is 19.6 Å². The molecule has 0 N–H and O–H groups in total. The molecule has 0 saturated heterocycles. The highest BCUT2D eigenvalue weighted by atomic mass is 35.5. The summed E-state index contributed by atoms with van der Waals surface area (Å²) in [5.41, 5.74) is 3.07. The first-order valence-corrected chi connectivity index (χ1v) is 11.9. The monoisotopic (exact) mass is 494 g/mol. The maximum Gasteiger partial charge on any atom is 0.377 e. The van der Waals surface area contributed by atoms with Crippen molar-refractivity contribution >= 4 is 42.6 Å². The van der Waals surface area contributed by atoms with Gasteiger partial charge in [-0.25, -0.2) is 4.99 Å². The van der Waals surface area contributed by atoms with Crippen LogP contribution in [0, 0.1) is 0 Å². The van der Waals surface area contributed by atoms with Crippen LogP contribution in [0.3, 0.4) is 0 Å². The van der Waals surface area contributed by atoms with Crippen molar-refractivity contribution in [3.05, 3.63) is 76.6 Å². The first-order chi connectivity index (χ1) is 15.1. The van der Waals surface area contributed by atoms with E-state index in [1.165, 1.54) is 26.0 Å². The van der Waals surface area contributed by atoms with Gasteiger partial charge in [-0.3, -0.25) is 4.57 Å². The Kier molecular flexibility index (Phi) is 7.75. The lowest BCUT2D eigenvalue weighted by Crippen LogP contribution is -2.31. The van der Waals surface area contributed by atoms with Crippen LogP contribution in [0.25, 0.3) is 5.70 Å². The molecule has 2 heterocycles. The van der Waals surface area contributed by atoms with Gasteiger partial charge < -0.3 is 23.4 Å². The number of hydrogen-bond donors (Lipinski definition) is 0. The maximum absolute atomic E-state index is 13.3. The third-order valence-electron chi connectivity index (χ3n) is 5.12. The molecule has 0 saturated carbocycles. The van der Waals surface area contributed by atoms with Crippen molar-refractivity contribution in [2.75, 3.05) is 28.4 Å². The van der Waals surface area contributed by atoms with E-state index in [9.17, 15) is 4.57 Å². The Hall–Kier alpha value is -2.22. The van der Waals surface area contributed by atoms with Crippen LogP contribution in [0.2, 0.25) is 0 Å². The van der Waals surface area contributed by atoms with Crippen molar-refractivity contribution in [3.8, 4) is 11.5 Å². The molecule has 2 aromatic rings. The van der Waals surface area contributed by atoms with E-state index in [1.807, 2.05) is 59.5 Å². The maximum atomic E-state index is 13.3. The molecule has 0 radical (unpaired) electrons. The van der Waals surface area contributed by atoms with Gasteiger partial charge in [0.2, 0.25) is 0 Å². The summed E-state index contributed by atoms with van der Waals surface area (Å²) in [7, 11) is 2.43. The smallest absolute Gasteiger partial charge is 0.377 e. The number of nitrogens with zero attached hydrogens (tertiary/aromatic N) is 2. The van der Waals surface area contributed by atoms with Crippen LogP contribution < -0.4 is 9.47 Å². The first-order valence-electron chi connectivity index (χ1n) is 9.51. The standard InChI is InChI=1S/C22H23N2O5PS.ClH/c1-26-19-12-8-11-16(21(19)27-2)18-13-17(15-9-6-5-7-10-15)23-22-24(18)20(14-31-22)30(25,28-3)29-4;/h5-14,18H,1-4H3;1H. The molecule has 10 heteroatoms. The summed E-state index contributed by atoms with van der Waals surface area (Å²) in [5, 5.41) is 2.45. The van der Waals surface area contributed by atoms with Crippen molar-refractivity contribution in [2.45, 2.75) is 6.04 Å². The van der Waals surface area contributed by atoms with Gasteiger partial charge in [0.1, 0.15) is 5.44 Å². The molecule has 0 amide bonds. The van der Waals surface area contributed by atoms with E-state index in [0.29, 0.717) is 22.1 Å². The number of aliphatic imine (C=N–C) groups is 1. The van der Waals surface area contributed by atoms with E-state index in [2.05, 4.69) is 0 Å². The number of halogens is 1. The number of fused-ring (bicyclic) bond motifs is 1. The summed E-state index contributed by atoms with van der Waals surface area (Å²) >= 11 is 1.38. The molecule has 0 aromatic heterocycles. The van der Waals surface area contributed by atoms with E-state index in [4.69, 9.17) is 23.5 Å². The van der Waals surface area contributed by atoms with Crippen molar-refractivity contribution in [1.82, 2.24) is 4.90 Å². The lowest BCUT2D eigenvalue weighted by Gasteiger charge is -2.35. The lowest BCUT2D eigenvalue weighted by atomic mass is 9.99. The van der Waals surface area contributed by atoms with Crippen LogP contribution in [0.5, 0.6) is 11.5 Å². The second kappa shape index (κ2) is 10.1. The van der Waals surface area contributed by atoms with Gasteiger partial charge in [-0.05, 0) is 17.7 Å². The van der Waals surface area contributed by atoms with Gasteiger partial charge in [0, 0.05) is 25.2 Å². The van der Waals surface area contributed by atoms with Crippen LogP contribution in [0.4, 0.5) is 0 Å². The molecule has 1 unspecified atom stereocenters. The van der Waals surface area contributed by atoms with E-state index in [-0.39, 0.29) is 18.4 Å². The second-order valence-corrected chi connectivity index (χ2v) is 9.69. The van der Waals surface area contributed by atoms with Crippen LogP contribution in [-0.2, 0) is 13.6 Å². The number of ether oxygens (including phenoxy) is 2. The third-order valence-corrected chi connectivity index (χ3v) is 8.00. The topological polar surface area (TPSA) is 69.6 Å². The minimum atomic E-state index is -3.53. The Morgan fingerprint density at radius 3 is 2.31 bits per heavy atom. The Balaban J connectivity index is 0.00000289. The largest absolute Gasteiger partial charge is 0.493 e. The SMILES string of the molecule is COc1cccc(C2C=C(c3ccccc3)N=C3SC=C(P(=O)(OC)OC)N32)c1OC.Cl. The molecular formula is C22H24ClN2O5PS. The number of rotatable bonds is 7. The molecule has 0 bridgehead atoms. The zero-order valence-corrected chi connectivity index (χ0v) is 20.6. The fourth-order valence-corrected chi connectivity index (χ4v) is 6.17. The van der Waals surface area contributed by atoms with Crippen molar-refractivity contribution < 1.29 is 23.1 Å². The summed E-state index contributed by atoms with van der Waals surface area (Å²) < 4.78 is 35.1. The van der Waals surface area contributed by atoms with Gasteiger partial charge in [-0.2, -0.15) is 0 Å². The molecule has 0 fully saturated rings. The molecule has 32 heavy (non-hydrogen) atoms. The number of hydrogen-bond acceptors (Lipinski definition) is 8. The van der Waals surface area contributed by atoms with Crippen LogP contribution >= 0.6 is 31.8 Å². The molecule has 2 aliphatic rings. The second-order valence-electron chi connectivity index (χ2n) is 6.67. The van der Waals surface area contributed by atoms with Gasteiger partial charge in [0.05, 0.1) is 26.0 Å². The fourth-order valence-electron chi connectivity index (χ4n) is 3.62. The van der Waals surface area contributed by atoms with Crippen molar-refractivity contribution in [1.29, 1.82) is 0 Å². The summed E-state index contributed by atoms with van der Waals surface area (Å²) in [4.78, 5) is 6.71. The summed E-state index contributed by atoms with van der Waals surface area (Å²) in [6.07, 6.45) is 2.02. The molecule has 2 aromatic carbocycles. The van der Waals surface area contributed by atoms with E-state index >= 15 is 0 Å². The lowest BCUT2D eigenvalue weighted by molar-refractivity contribution is 0.271. The Labute approximate surface area is 198 Å². The molecule has 4 rings (SSSR count). The summed E-state index contributed by atoms with van der Waals surface area (Å²) in [6, 6.07) is 15.3. The molecule has 2 aliphatic heterocycles. The van der Waals surface area contributed by atoms with Gasteiger partial charge in [0.15, 0.2) is 16.7 Å².